The Hall–Kier alpha value is -3.42. The summed E-state index contributed by atoms with van der Waals surface area (Å²) in [6.45, 7) is 6.84. The predicted octanol–water partition coefficient (Wildman–Crippen LogP) is 3.17. The van der Waals surface area contributed by atoms with Gasteiger partial charge in [-0.2, -0.15) is 0 Å². The van der Waals surface area contributed by atoms with Crippen LogP contribution >= 0.6 is 0 Å². The van der Waals surface area contributed by atoms with E-state index in [0.717, 1.165) is 5.57 Å². The molecule has 2 aromatic rings. The molecule has 0 aliphatic carbocycles. The molecule has 1 aliphatic rings. The van der Waals surface area contributed by atoms with Gasteiger partial charge in [0.1, 0.15) is 17.0 Å². The Balaban J connectivity index is 2.31. The molecule has 0 atom stereocenters. The van der Waals surface area contributed by atoms with Crippen molar-refractivity contribution in [3.05, 3.63) is 68.1 Å². The summed E-state index contributed by atoms with van der Waals surface area (Å²) in [7, 11) is 0. The van der Waals surface area contributed by atoms with Gasteiger partial charge in [0, 0.05) is 30.8 Å². The number of fused-ring (bicyclic) bond motifs is 1. The van der Waals surface area contributed by atoms with E-state index < -0.39 is 16.1 Å². The first kappa shape index (κ1) is 18.4. The van der Waals surface area contributed by atoms with Crippen molar-refractivity contribution in [1.82, 2.24) is 4.57 Å². The third-order valence-corrected chi connectivity index (χ3v) is 4.55. The molecule has 0 bridgehead atoms. The first-order valence-corrected chi connectivity index (χ1v) is 8.30. The number of carbonyl (C=O) groups is 1. The summed E-state index contributed by atoms with van der Waals surface area (Å²) in [6.07, 6.45) is 1.57. The average Bonchev–Trinajstić information content (AvgIpc) is 2.57. The zero-order valence-corrected chi connectivity index (χ0v) is 15.4. The fourth-order valence-corrected chi connectivity index (χ4v) is 3.01. The quantitative estimate of drug-likeness (QED) is 0.661. The van der Waals surface area contributed by atoms with Gasteiger partial charge in [0.2, 0.25) is 5.91 Å². The number of amides is 1. The van der Waals surface area contributed by atoms with Crippen molar-refractivity contribution >= 4 is 23.0 Å². The van der Waals surface area contributed by atoms with Gasteiger partial charge in [-0.15, -0.1) is 0 Å². The molecule has 2 heterocycles. The Labute approximate surface area is 155 Å². The van der Waals surface area contributed by atoms with Crippen LogP contribution in [0.2, 0.25) is 0 Å². The van der Waals surface area contributed by atoms with E-state index in [-0.39, 0.29) is 17.3 Å². The number of hydrogen-bond donors (Lipinski definition) is 1. The Morgan fingerprint density at radius 1 is 1.30 bits per heavy atom. The number of benzene rings is 1. The zero-order chi connectivity index (χ0) is 19.9. The molecule has 1 aromatic carbocycles. The highest BCUT2D eigenvalue weighted by molar-refractivity contribution is 5.88. The Morgan fingerprint density at radius 2 is 2.00 bits per heavy atom. The number of pyridine rings is 1. The molecule has 0 saturated carbocycles. The molecule has 0 fully saturated rings. The summed E-state index contributed by atoms with van der Waals surface area (Å²) in [5.41, 5.74) is 0.553. The highest BCUT2D eigenvalue weighted by Crippen LogP contribution is 2.42. The molecule has 0 spiro atoms. The van der Waals surface area contributed by atoms with Gasteiger partial charge in [-0.25, -0.2) is 0 Å². The number of anilines is 1. The summed E-state index contributed by atoms with van der Waals surface area (Å²) >= 11 is 0. The Bertz CT molecular complexity index is 1050. The van der Waals surface area contributed by atoms with Crippen LogP contribution in [-0.2, 0) is 4.79 Å². The van der Waals surface area contributed by atoms with Gasteiger partial charge in [0.25, 0.3) is 11.2 Å². The fraction of sp³-hybridized carbons (Fsp3) is 0.263. The molecular formula is C19H19N3O5. The van der Waals surface area contributed by atoms with Crippen LogP contribution in [-0.4, -0.2) is 21.0 Å². The lowest BCUT2D eigenvalue weighted by molar-refractivity contribution is -0.384. The first-order valence-electron chi connectivity index (χ1n) is 8.30. The second kappa shape index (κ2) is 6.39. The number of nitrogens with one attached hydrogen (secondary N) is 1. The molecule has 8 heteroatoms. The fourth-order valence-electron chi connectivity index (χ4n) is 3.01. The molecule has 0 unspecified atom stereocenters. The molecule has 3 rings (SSSR count). The van der Waals surface area contributed by atoms with Gasteiger partial charge >= 0.3 is 0 Å². The van der Waals surface area contributed by atoms with E-state index in [4.69, 9.17) is 4.74 Å². The van der Waals surface area contributed by atoms with Crippen molar-refractivity contribution in [1.29, 1.82) is 0 Å². The standard InChI is InChI=1S/C19H19N3O5/c1-11-17(21-9-5-6-15(18(21)24)20-12(2)23)14-10-13(22(25)26)7-8-16(14)27-19(11,3)4/h5-10H,1-4H3,(H,20,23). The predicted molar refractivity (Wildman–Crippen MR) is 101 cm³/mol. The molecule has 140 valence electrons. The number of ether oxygens (including phenoxy) is 1. The summed E-state index contributed by atoms with van der Waals surface area (Å²) < 4.78 is 7.37. The molecule has 0 radical (unpaired) electrons. The van der Waals surface area contributed by atoms with Gasteiger partial charge < -0.3 is 10.1 Å². The maximum atomic E-state index is 12.9. The number of non-ortho nitro benzene ring substituents is 1. The van der Waals surface area contributed by atoms with Gasteiger partial charge in [-0.3, -0.25) is 24.3 Å². The number of nitrogens with zero attached hydrogens (tertiary/aromatic N) is 2. The zero-order valence-electron chi connectivity index (χ0n) is 15.4. The van der Waals surface area contributed by atoms with Crippen molar-refractivity contribution in [3.8, 4) is 5.75 Å². The Morgan fingerprint density at radius 3 is 2.63 bits per heavy atom. The van der Waals surface area contributed by atoms with Crippen LogP contribution in [0.25, 0.3) is 5.70 Å². The molecule has 1 aromatic heterocycles. The van der Waals surface area contributed by atoms with Crippen LogP contribution in [0.1, 0.15) is 33.3 Å². The maximum Gasteiger partial charge on any atom is 0.278 e. The van der Waals surface area contributed by atoms with E-state index in [2.05, 4.69) is 5.32 Å². The van der Waals surface area contributed by atoms with Crippen molar-refractivity contribution in [3.63, 3.8) is 0 Å². The lowest BCUT2D eigenvalue weighted by Crippen LogP contribution is -2.36. The van der Waals surface area contributed by atoms with Crippen molar-refractivity contribution in [2.75, 3.05) is 5.32 Å². The van der Waals surface area contributed by atoms with Crippen LogP contribution in [0.5, 0.6) is 5.75 Å². The molecule has 1 amide bonds. The number of rotatable bonds is 3. The van der Waals surface area contributed by atoms with E-state index in [1.165, 1.54) is 35.8 Å². The summed E-state index contributed by atoms with van der Waals surface area (Å²) in [4.78, 5) is 35.0. The molecule has 0 saturated heterocycles. The van der Waals surface area contributed by atoms with Gasteiger partial charge in [0.05, 0.1) is 10.6 Å². The van der Waals surface area contributed by atoms with E-state index in [9.17, 15) is 19.7 Å². The number of nitro benzene ring substituents is 1. The summed E-state index contributed by atoms with van der Waals surface area (Å²) in [5.74, 6) is 0.0851. The number of aromatic nitrogens is 1. The van der Waals surface area contributed by atoms with E-state index in [0.29, 0.717) is 17.0 Å². The van der Waals surface area contributed by atoms with Gasteiger partial charge in [-0.1, -0.05) is 0 Å². The van der Waals surface area contributed by atoms with Crippen LogP contribution in [0.4, 0.5) is 11.4 Å². The van der Waals surface area contributed by atoms with Crippen LogP contribution in [0.15, 0.2) is 46.9 Å². The molecular weight excluding hydrogens is 350 g/mol. The molecule has 8 nitrogen and oxygen atoms in total. The van der Waals surface area contributed by atoms with E-state index in [1.54, 1.807) is 12.3 Å². The van der Waals surface area contributed by atoms with Crippen LogP contribution < -0.4 is 15.6 Å². The second-order valence-electron chi connectivity index (χ2n) is 6.80. The third-order valence-electron chi connectivity index (χ3n) is 4.55. The minimum atomic E-state index is -0.720. The minimum absolute atomic E-state index is 0.103. The lowest BCUT2D eigenvalue weighted by Gasteiger charge is -2.35. The monoisotopic (exact) mass is 369 g/mol. The first-order chi connectivity index (χ1) is 12.6. The third kappa shape index (κ3) is 3.21. The van der Waals surface area contributed by atoms with Gasteiger partial charge in [-0.05, 0) is 44.5 Å². The van der Waals surface area contributed by atoms with Crippen molar-refractivity contribution in [2.24, 2.45) is 0 Å². The Kier molecular flexibility index (Phi) is 4.35. The maximum absolute atomic E-state index is 12.9. The normalized spacial score (nSPS) is 15.0. The summed E-state index contributed by atoms with van der Waals surface area (Å²) in [6, 6.07) is 7.43. The highest BCUT2D eigenvalue weighted by Gasteiger charge is 2.34. The largest absolute Gasteiger partial charge is 0.483 e. The van der Waals surface area contributed by atoms with Gasteiger partial charge in [0.15, 0.2) is 0 Å². The second-order valence-corrected chi connectivity index (χ2v) is 6.80. The molecule has 1 N–H and O–H groups in total. The van der Waals surface area contributed by atoms with E-state index in [1.807, 2.05) is 20.8 Å². The topological polar surface area (TPSA) is 103 Å². The lowest BCUT2D eigenvalue weighted by atomic mass is 9.90. The van der Waals surface area contributed by atoms with Crippen molar-refractivity contribution in [2.45, 2.75) is 33.3 Å². The summed E-state index contributed by atoms with van der Waals surface area (Å²) in [5, 5.41) is 13.7. The number of nitro groups is 1. The smallest absolute Gasteiger partial charge is 0.278 e. The highest BCUT2D eigenvalue weighted by atomic mass is 16.6. The molecule has 1 aliphatic heterocycles. The van der Waals surface area contributed by atoms with E-state index >= 15 is 0 Å². The molecule has 27 heavy (non-hydrogen) atoms. The minimum Gasteiger partial charge on any atom is -0.483 e. The van der Waals surface area contributed by atoms with Crippen molar-refractivity contribution < 1.29 is 14.5 Å². The average molecular weight is 369 g/mol. The SMILES string of the molecule is CC(=O)Nc1cccn(C2=C(C)C(C)(C)Oc3ccc([N+](=O)[O-])cc32)c1=O. The van der Waals surface area contributed by atoms with Crippen LogP contribution in [0.3, 0.4) is 0 Å². The number of carbonyl (C=O) groups excluding carboxylic acids is 1. The number of hydrogen-bond acceptors (Lipinski definition) is 5. The van der Waals surface area contributed by atoms with Crippen LogP contribution in [0, 0.1) is 10.1 Å².